The summed E-state index contributed by atoms with van der Waals surface area (Å²) < 4.78 is 0. The van der Waals surface area contributed by atoms with Gasteiger partial charge in [0.1, 0.15) is 0 Å². The molecule has 0 saturated heterocycles. The third-order valence-corrected chi connectivity index (χ3v) is 4.23. The zero-order valence-corrected chi connectivity index (χ0v) is 17.9. The molecule has 1 unspecified atom stereocenters. The molecule has 0 saturated carbocycles. The summed E-state index contributed by atoms with van der Waals surface area (Å²) in [7, 11) is 0. The topological polar surface area (TPSA) is 40.1 Å². The van der Waals surface area contributed by atoms with Crippen LogP contribution in [0.1, 0.15) is 104 Å². The van der Waals surface area contributed by atoms with E-state index in [4.69, 9.17) is 0 Å². The molecule has 0 heterocycles. The van der Waals surface area contributed by atoms with E-state index in [-0.39, 0.29) is 57.3 Å². The molecule has 0 aliphatic carbocycles. The van der Waals surface area contributed by atoms with E-state index in [0.717, 1.165) is 12.8 Å². The van der Waals surface area contributed by atoms with Crippen LogP contribution in [0.15, 0.2) is 0 Å². The van der Waals surface area contributed by atoms with E-state index in [1.54, 1.807) is 0 Å². The van der Waals surface area contributed by atoms with Gasteiger partial charge in [-0.2, -0.15) is 0 Å². The van der Waals surface area contributed by atoms with Crippen LogP contribution in [0.25, 0.3) is 0 Å². The Morgan fingerprint density at radius 2 is 1.14 bits per heavy atom. The van der Waals surface area contributed by atoms with Gasteiger partial charge in [-0.05, 0) is 18.8 Å². The second kappa shape index (κ2) is 19.2. The summed E-state index contributed by atoms with van der Waals surface area (Å²) >= 11 is 0. The smallest absolute Gasteiger partial charge is 0.550 e. The molecule has 0 aromatic carbocycles. The van der Waals surface area contributed by atoms with Crippen molar-refractivity contribution in [2.24, 2.45) is 5.92 Å². The van der Waals surface area contributed by atoms with Gasteiger partial charge in [0.05, 0.1) is 0 Å². The van der Waals surface area contributed by atoms with Gasteiger partial charge in [-0.3, -0.25) is 0 Å². The third kappa shape index (κ3) is 17.3. The van der Waals surface area contributed by atoms with E-state index >= 15 is 0 Å². The van der Waals surface area contributed by atoms with Gasteiger partial charge in [0, 0.05) is 5.97 Å². The molecule has 0 fully saturated rings. The van der Waals surface area contributed by atoms with Crippen molar-refractivity contribution in [2.75, 3.05) is 0 Å². The number of rotatable bonds is 15. The summed E-state index contributed by atoms with van der Waals surface area (Å²) in [5.74, 6) is -1.09. The first-order chi connectivity index (χ1) is 9.72. The fourth-order valence-electron chi connectivity index (χ4n) is 2.72. The van der Waals surface area contributed by atoms with Crippen LogP contribution in [-0.4, -0.2) is 5.97 Å². The summed E-state index contributed by atoms with van der Waals surface area (Å²) in [6, 6.07) is 0. The minimum atomic E-state index is -0.865. The van der Waals surface area contributed by atoms with Gasteiger partial charge < -0.3 is 9.90 Å². The molecule has 0 amide bonds. The van der Waals surface area contributed by atoms with Crippen LogP contribution in [0.3, 0.4) is 0 Å². The van der Waals surface area contributed by atoms with Gasteiger partial charge >= 0.3 is 51.4 Å². The number of unbranched alkanes of at least 4 members (excludes halogenated alkanes) is 11. The predicted molar refractivity (Wildman–Crippen MR) is 84.5 cm³/mol. The van der Waals surface area contributed by atoms with E-state index in [1.165, 1.54) is 70.6 Å². The Morgan fingerprint density at radius 1 is 0.762 bits per heavy atom. The summed E-state index contributed by atoms with van der Waals surface area (Å²) in [4.78, 5) is 10.8. The maximum Gasteiger partial charge on any atom is 1.00 e. The Kier molecular flexibility index (Phi) is 22.2. The van der Waals surface area contributed by atoms with E-state index in [9.17, 15) is 9.90 Å². The first-order valence-corrected chi connectivity index (χ1v) is 8.93. The first kappa shape index (κ1) is 24.4. The number of carboxylic acid groups (broad SMARTS) is 1. The number of hydrogen-bond acceptors (Lipinski definition) is 2. The Morgan fingerprint density at radius 3 is 1.48 bits per heavy atom. The molecule has 21 heavy (non-hydrogen) atoms. The Labute approximate surface area is 175 Å². The fraction of sp³-hybridized carbons (Fsp3) is 0.944. The van der Waals surface area contributed by atoms with Crippen molar-refractivity contribution in [3.8, 4) is 0 Å². The molecule has 0 aliphatic heterocycles. The molecule has 0 bridgehead atoms. The van der Waals surface area contributed by atoms with Crippen molar-refractivity contribution in [1.29, 1.82) is 0 Å². The maximum absolute atomic E-state index is 10.8. The standard InChI is InChI=1S/C18H36O2.K/c1-3-5-6-7-8-9-10-11-12-13-14-15-16-17(4-2)18(19)20;/h17H,3-16H2,1-2H3,(H,19,20);/q;+1/p-1. The van der Waals surface area contributed by atoms with Gasteiger partial charge in [0.2, 0.25) is 0 Å². The Bertz CT molecular complexity index is 219. The van der Waals surface area contributed by atoms with E-state index in [2.05, 4.69) is 6.92 Å². The number of aliphatic carboxylic acids is 1. The molecule has 0 aliphatic rings. The van der Waals surface area contributed by atoms with Crippen molar-refractivity contribution < 1.29 is 61.3 Å². The molecule has 0 radical (unpaired) electrons. The molecule has 0 spiro atoms. The van der Waals surface area contributed by atoms with Crippen molar-refractivity contribution in [3.63, 3.8) is 0 Å². The van der Waals surface area contributed by atoms with E-state index in [1.807, 2.05) is 6.92 Å². The quantitative estimate of drug-likeness (QED) is 0.341. The predicted octanol–water partition coefficient (Wildman–Crippen LogP) is 1.86. The SMILES string of the molecule is CCCCCCCCCCCCCCC(CC)C(=O)[O-].[K+]. The van der Waals surface area contributed by atoms with Crippen LogP contribution in [0, 0.1) is 5.92 Å². The zero-order chi connectivity index (χ0) is 15.1. The molecule has 2 nitrogen and oxygen atoms in total. The van der Waals surface area contributed by atoms with Crippen LogP contribution < -0.4 is 56.5 Å². The Hall–Kier alpha value is 1.11. The summed E-state index contributed by atoms with van der Waals surface area (Å²) in [6.07, 6.45) is 17.4. The van der Waals surface area contributed by atoms with Gasteiger partial charge in [0.25, 0.3) is 0 Å². The first-order valence-electron chi connectivity index (χ1n) is 8.93. The fourth-order valence-corrected chi connectivity index (χ4v) is 2.72. The molecule has 0 aromatic rings. The second-order valence-electron chi connectivity index (χ2n) is 6.10. The summed E-state index contributed by atoms with van der Waals surface area (Å²) in [5, 5.41) is 10.8. The molecular weight excluding hydrogens is 287 g/mol. The van der Waals surface area contributed by atoms with Crippen molar-refractivity contribution >= 4 is 5.97 Å². The molecule has 3 heteroatoms. The van der Waals surface area contributed by atoms with E-state index < -0.39 is 5.97 Å². The summed E-state index contributed by atoms with van der Waals surface area (Å²) in [6.45, 7) is 4.19. The average molecular weight is 323 g/mol. The largest absolute Gasteiger partial charge is 1.00 e. The van der Waals surface area contributed by atoms with Crippen molar-refractivity contribution in [3.05, 3.63) is 0 Å². The maximum atomic E-state index is 10.8. The molecular formula is C18H35KO2. The number of hydrogen-bond donors (Lipinski definition) is 0. The van der Waals surface area contributed by atoms with Crippen LogP contribution in [0.2, 0.25) is 0 Å². The van der Waals surface area contributed by atoms with Gasteiger partial charge in [-0.25, -0.2) is 0 Å². The normalized spacial score (nSPS) is 11.9. The van der Waals surface area contributed by atoms with Crippen molar-refractivity contribution in [2.45, 2.75) is 104 Å². The number of carbonyl (C=O) groups is 1. The minimum Gasteiger partial charge on any atom is -0.550 e. The molecule has 1 atom stereocenters. The van der Waals surface area contributed by atoms with E-state index in [0.29, 0.717) is 6.42 Å². The molecule has 0 N–H and O–H groups in total. The van der Waals surface area contributed by atoms with Crippen LogP contribution in [0.5, 0.6) is 0 Å². The minimum absolute atomic E-state index is 0. The van der Waals surface area contributed by atoms with Gasteiger partial charge in [-0.15, -0.1) is 0 Å². The van der Waals surface area contributed by atoms with Gasteiger partial charge in [-0.1, -0.05) is 90.9 Å². The number of carboxylic acids is 1. The Balaban J connectivity index is 0. The number of carbonyl (C=O) groups excluding carboxylic acids is 1. The van der Waals surface area contributed by atoms with Crippen molar-refractivity contribution in [1.82, 2.24) is 0 Å². The third-order valence-electron chi connectivity index (χ3n) is 4.23. The molecule has 0 rings (SSSR count). The molecule has 120 valence electrons. The van der Waals surface area contributed by atoms with Crippen LogP contribution in [0.4, 0.5) is 0 Å². The van der Waals surface area contributed by atoms with Crippen LogP contribution in [-0.2, 0) is 4.79 Å². The monoisotopic (exact) mass is 322 g/mol. The van der Waals surface area contributed by atoms with Gasteiger partial charge in [0.15, 0.2) is 0 Å². The van der Waals surface area contributed by atoms with Crippen LogP contribution >= 0.6 is 0 Å². The summed E-state index contributed by atoms with van der Waals surface area (Å²) in [5.41, 5.74) is 0. The second-order valence-corrected chi connectivity index (χ2v) is 6.10. The zero-order valence-electron chi connectivity index (χ0n) is 14.8. The molecule has 0 aromatic heterocycles. The average Bonchev–Trinajstić information content (AvgIpc) is 2.43.